The largest absolute Gasteiger partial charge is 0.358 e. The quantitative estimate of drug-likeness (QED) is 0.476. The van der Waals surface area contributed by atoms with Gasteiger partial charge in [-0.2, -0.15) is 0 Å². The monoisotopic (exact) mass is 436 g/mol. The van der Waals surface area contributed by atoms with Gasteiger partial charge >= 0.3 is 0 Å². The standard InChI is InChI=1S/C24H24N2O2S2/c1-15-12-19(23-20(13-15)21-14-26(2)10-8-22(21)25-23)18-9-11-29-24(18)16-4-6-17(7-5-16)30(3,27)28/h4-7,9,11-13,25H,8,10,14H2,1-3H3. The van der Waals surface area contributed by atoms with Crippen molar-refractivity contribution in [1.29, 1.82) is 0 Å². The number of benzene rings is 2. The van der Waals surface area contributed by atoms with E-state index < -0.39 is 9.84 Å². The van der Waals surface area contributed by atoms with E-state index >= 15 is 0 Å². The van der Waals surface area contributed by atoms with E-state index in [2.05, 4.69) is 47.4 Å². The number of likely N-dealkylation sites (N-methyl/N-ethyl adjacent to an activating group) is 1. The van der Waals surface area contributed by atoms with E-state index in [0.29, 0.717) is 4.90 Å². The van der Waals surface area contributed by atoms with Crippen LogP contribution < -0.4 is 0 Å². The highest BCUT2D eigenvalue weighted by Gasteiger charge is 2.22. The molecule has 0 saturated carbocycles. The molecule has 0 aliphatic carbocycles. The molecule has 3 heterocycles. The Kier molecular flexibility index (Phi) is 4.61. The van der Waals surface area contributed by atoms with Gasteiger partial charge in [0.2, 0.25) is 0 Å². The van der Waals surface area contributed by atoms with Gasteiger partial charge in [0.25, 0.3) is 0 Å². The van der Waals surface area contributed by atoms with Crippen LogP contribution in [0.3, 0.4) is 0 Å². The number of rotatable bonds is 3. The molecule has 0 saturated heterocycles. The highest BCUT2D eigenvalue weighted by atomic mass is 32.2. The minimum atomic E-state index is -3.20. The van der Waals surface area contributed by atoms with Crippen LogP contribution in [0.15, 0.2) is 52.7 Å². The van der Waals surface area contributed by atoms with Gasteiger partial charge in [0.05, 0.1) is 10.4 Å². The van der Waals surface area contributed by atoms with Crippen LogP contribution in [0, 0.1) is 6.92 Å². The van der Waals surface area contributed by atoms with Crippen molar-refractivity contribution in [3.05, 3.63) is 64.7 Å². The topological polar surface area (TPSA) is 53.2 Å². The van der Waals surface area contributed by atoms with Crippen LogP contribution in [0.25, 0.3) is 32.5 Å². The summed E-state index contributed by atoms with van der Waals surface area (Å²) in [7, 11) is -1.02. The summed E-state index contributed by atoms with van der Waals surface area (Å²) in [5, 5.41) is 3.43. The van der Waals surface area contributed by atoms with E-state index in [-0.39, 0.29) is 0 Å². The third-order valence-electron chi connectivity index (χ3n) is 5.92. The molecule has 1 aliphatic rings. The summed E-state index contributed by atoms with van der Waals surface area (Å²) < 4.78 is 23.6. The van der Waals surface area contributed by atoms with Crippen molar-refractivity contribution < 1.29 is 8.42 Å². The van der Waals surface area contributed by atoms with Gasteiger partial charge in [-0.15, -0.1) is 11.3 Å². The highest BCUT2D eigenvalue weighted by molar-refractivity contribution is 7.90. The van der Waals surface area contributed by atoms with E-state index in [0.717, 1.165) is 30.0 Å². The predicted molar refractivity (Wildman–Crippen MR) is 125 cm³/mol. The molecule has 154 valence electrons. The number of sulfone groups is 1. The first-order valence-corrected chi connectivity index (χ1v) is 12.8. The normalized spacial score (nSPS) is 14.9. The second-order valence-electron chi connectivity index (χ2n) is 8.26. The average molecular weight is 437 g/mol. The maximum atomic E-state index is 11.8. The summed E-state index contributed by atoms with van der Waals surface area (Å²) in [6, 6.07) is 13.9. The number of hydrogen-bond donors (Lipinski definition) is 1. The van der Waals surface area contributed by atoms with E-state index in [4.69, 9.17) is 0 Å². The minimum absolute atomic E-state index is 0.350. The molecule has 1 aliphatic heterocycles. The molecule has 5 rings (SSSR count). The summed E-state index contributed by atoms with van der Waals surface area (Å²) >= 11 is 1.69. The van der Waals surface area contributed by atoms with E-state index in [9.17, 15) is 8.42 Å². The lowest BCUT2D eigenvalue weighted by molar-refractivity contribution is 0.313. The highest BCUT2D eigenvalue weighted by Crippen LogP contribution is 2.42. The zero-order chi connectivity index (χ0) is 21.0. The number of H-pyrrole nitrogens is 1. The van der Waals surface area contributed by atoms with Crippen LogP contribution in [0.1, 0.15) is 16.8 Å². The average Bonchev–Trinajstić information content (AvgIpc) is 3.32. The van der Waals surface area contributed by atoms with E-state index in [1.807, 2.05) is 12.1 Å². The summed E-state index contributed by atoms with van der Waals surface area (Å²) in [6.07, 6.45) is 2.29. The second kappa shape index (κ2) is 7.08. The van der Waals surface area contributed by atoms with Crippen molar-refractivity contribution in [3.63, 3.8) is 0 Å². The van der Waals surface area contributed by atoms with Crippen LogP contribution >= 0.6 is 11.3 Å². The van der Waals surface area contributed by atoms with Gasteiger partial charge in [0.1, 0.15) is 0 Å². The molecular weight excluding hydrogens is 412 g/mol. The zero-order valence-corrected chi connectivity index (χ0v) is 19.0. The third kappa shape index (κ3) is 3.29. The molecule has 0 fully saturated rings. The Bertz CT molecular complexity index is 1360. The molecule has 2 aromatic carbocycles. The number of hydrogen-bond acceptors (Lipinski definition) is 4. The lowest BCUT2D eigenvalue weighted by atomic mass is 9.96. The van der Waals surface area contributed by atoms with Gasteiger partial charge in [0, 0.05) is 52.9 Å². The van der Waals surface area contributed by atoms with Crippen molar-refractivity contribution in [2.24, 2.45) is 0 Å². The molecule has 0 radical (unpaired) electrons. The first-order valence-electron chi connectivity index (χ1n) is 10.0. The van der Waals surface area contributed by atoms with Crippen LogP contribution in [-0.4, -0.2) is 38.1 Å². The first-order chi connectivity index (χ1) is 14.3. The Balaban J connectivity index is 1.67. The Hall–Kier alpha value is -2.41. The van der Waals surface area contributed by atoms with Crippen LogP contribution in [0.5, 0.6) is 0 Å². The van der Waals surface area contributed by atoms with Gasteiger partial charge < -0.3 is 9.88 Å². The molecule has 0 spiro atoms. The van der Waals surface area contributed by atoms with Crippen molar-refractivity contribution in [2.45, 2.75) is 24.8 Å². The third-order valence-corrected chi connectivity index (χ3v) is 8.01. The molecule has 2 aromatic heterocycles. The van der Waals surface area contributed by atoms with E-state index in [1.54, 1.807) is 23.5 Å². The summed E-state index contributed by atoms with van der Waals surface area (Å²) in [6.45, 7) is 4.20. The number of nitrogens with zero attached hydrogens (tertiary/aromatic N) is 1. The fourth-order valence-electron chi connectivity index (χ4n) is 4.40. The van der Waals surface area contributed by atoms with Gasteiger partial charge in [-0.1, -0.05) is 12.1 Å². The lowest BCUT2D eigenvalue weighted by Crippen LogP contribution is -2.25. The Morgan fingerprint density at radius 3 is 2.57 bits per heavy atom. The molecule has 6 heteroatoms. The molecule has 4 aromatic rings. The van der Waals surface area contributed by atoms with Crippen molar-refractivity contribution >= 4 is 32.1 Å². The molecule has 0 amide bonds. The number of aromatic nitrogens is 1. The Labute approximate surface area is 181 Å². The molecular formula is C24H24N2O2S2. The second-order valence-corrected chi connectivity index (χ2v) is 11.2. The predicted octanol–water partition coefficient (Wildman–Crippen LogP) is 5.26. The lowest BCUT2D eigenvalue weighted by Gasteiger charge is -2.22. The molecule has 0 unspecified atom stereocenters. The van der Waals surface area contributed by atoms with Crippen molar-refractivity contribution in [2.75, 3.05) is 19.8 Å². The van der Waals surface area contributed by atoms with Gasteiger partial charge in [-0.3, -0.25) is 0 Å². The van der Waals surface area contributed by atoms with Crippen molar-refractivity contribution in [1.82, 2.24) is 9.88 Å². The zero-order valence-electron chi connectivity index (χ0n) is 17.3. The molecule has 30 heavy (non-hydrogen) atoms. The molecule has 4 nitrogen and oxygen atoms in total. The summed E-state index contributed by atoms with van der Waals surface area (Å²) in [4.78, 5) is 7.61. The maximum absolute atomic E-state index is 11.8. The van der Waals surface area contributed by atoms with Gasteiger partial charge in [-0.25, -0.2) is 8.42 Å². The molecule has 0 atom stereocenters. The number of aryl methyl sites for hydroxylation is 1. The fraction of sp³-hybridized carbons (Fsp3) is 0.250. The van der Waals surface area contributed by atoms with Crippen LogP contribution in [-0.2, 0) is 22.8 Å². The maximum Gasteiger partial charge on any atom is 0.175 e. The van der Waals surface area contributed by atoms with Gasteiger partial charge in [0.15, 0.2) is 9.84 Å². The number of nitrogens with one attached hydrogen (secondary N) is 1. The smallest absolute Gasteiger partial charge is 0.175 e. The number of thiophene rings is 1. The molecule has 0 bridgehead atoms. The Morgan fingerprint density at radius 1 is 1.07 bits per heavy atom. The fourth-order valence-corrected chi connectivity index (χ4v) is 5.95. The number of fused-ring (bicyclic) bond motifs is 3. The molecule has 1 N–H and O–H groups in total. The summed E-state index contributed by atoms with van der Waals surface area (Å²) in [5.41, 5.74) is 8.66. The van der Waals surface area contributed by atoms with Crippen molar-refractivity contribution in [3.8, 4) is 21.6 Å². The van der Waals surface area contributed by atoms with E-state index in [1.165, 1.54) is 45.1 Å². The summed E-state index contributed by atoms with van der Waals surface area (Å²) in [5.74, 6) is 0. The number of aromatic amines is 1. The minimum Gasteiger partial charge on any atom is -0.358 e. The Morgan fingerprint density at radius 2 is 1.83 bits per heavy atom. The van der Waals surface area contributed by atoms with Crippen LogP contribution in [0.4, 0.5) is 0 Å². The van der Waals surface area contributed by atoms with Crippen LogP contribution in [0.2, 0.25) is 0 Å². The van der Waals surface area contributed by atoms with Gasteiger partial charge in [-0.05, 0) is 66.4 Å². The SMILES string of the molecule is Cc1cc(-c2ccsc2-c2ccc(S(C)(=O)=O)cc2)c2[nH]c3c(c2c1)CN(C)CC3. The first kappa shape index (κ1) is 19.5.